The van der Waals surface area contributed by atoms with Crippen LogP contribution in [0.5, 0.6) is 0 Å². The zero-order chi connectivity index (χ0) is 23.8. The molecule has 3 N–H and O–H groups in total. The van der Waals surface area contributed by atoms with Crippen molar-refractivity contribution in [3.63, 3.8) is 0 Å². The van der Waals surface area contributed by atoms with Gasteiger partial charge in [0, 0.05) is 61.6 Å². The van der Waals surface area contributed by atoms with Crippen molar-refractivity contribution in [1.29, 1.82) is 0 Å². The molecule has 0 spiro atoms. The van der Waals surface area contributed by atoms with E-state index in [-0.39, 0.29) is 12.4 Å². The lowest BCUT2D eigenvalue weighted by Gasteiger charge is -2.35. The number of carbonyl (C=O) groups is 1. The molecule has 0 saturated carbocycles. The van der Waals surface area contributed by atoms with Crippen molar-refractivity contribution in [3.05, 3.63) is 35.3 Å². The van der Waals surface area contributed by atoms with Gasteiger partial charge >= 0.3 is 0 Å². The molecule has 1 aromatic carbocycles. The first-order chi connectivity index (χ1) is 17.2. The summed E-state index contributed by atoms with van der Waals surface area (Å²) in [5, 5.41) is 8.27. The Balaban J connectivity index is 0.00000267. The first-order valence-electron chi connectivity index (χ1n) is 11.9. The third kappa shape index (κ3) is 4.82. The summed E-state index contributed by atoms with van der Waals surface area (Å²) in [6.45, 7) is 7.22. The maximum absolute atomic E-state index is 11.0. The molecule has 190 valence electrons. The molecule has 2 aliphatic rings. The molecule has 2 saturated heterocycles. The van der Waals surface area contributed by atoms with Crippen LogP contribution in [0.1, 0.15) is 4.88 Å². The monoisotopic (exact) mass is 528 g/mol. The number of fused-ring (bicyclic) bond motifs is 2. The highest BCUT2D eigenvalue weighted by molar-refractivity contribution is 7.19. The second-order valence-electron chi connectivity index (χ2n) is 8.97. The van der Waals surface area contributed by atoms with Crippen LogP contribution in [0.15, 0.2) is 30.5 Å². The van der Waals surface area contributed by atoms with Crippen molar-refractivity contribution in [1.82, 2.24) is 30.0 Å². The lowest BCUT2D eigenvalue weighted by Crippen LogP contribution is -2.53. The number of halogens is 1. The number of nitrogens with one attached hydrogen (secondary N) is 1. The van der Waals surface area contributed by atoms with Gasteiger partial charge in [-0.25, -0.2) is 9.97 Å². The number of carbonyl (C=O) groups excluding carboxylic acids is 1. The fourth-order valence-corrected chi connectivity index (χ4v) is 6.00. The number of aromatic amines is 1. The summed E-state index contributed by atoms with van der Waals surface area (Å²) >= 11 is 1.77. The molecule has 2 aliphatic heterocycles. The van der Waals surface area contributed by atoms with Crippen molar-refractivity contribution in [3.8, 4) is 11.4 Å². The number of anilines is 1. The number of hydrogen-bond acceptors (Lipinski definition) is 10. The van der Waals surface area contributed by atoms with Crippen LogP contribution in [0.25, 0.3) is 32.5 Å². The van der Waals surface area contributed by atoms with Crippen molar-refractivity contribution in [2.45, 2.75) is 12.7 Å². The smallest absolute Gasteiger partial charge is 0.162 e. The van der Waals surface area contributed by atoms with E-state index < -0.39 is 6.17 Å². The van der Waals surface area contributed by atoms with Crippen LogP contribution in [0.3, 0.4) is 0 Å². The van der Waals surface area contributed by atoms with E-state index in [1.807, 2.05) is 23.2 Å². The largest absolute Gasteiger partial charge is 0.378 e. The maximum atomic E-state index is 11.0. The molecular weight excluding hydrogens is 500 g/mol. The van der Waals surface area contributed by atoms with E-state index in [0.29, 0.717) is 19.0 Å². The van der Waals surface area contributed by atoms with Crippen molar-refractivity contribution < 1.29 is 9.53 Å². The molecule has 10 nitrogen and oxygen atoms in total. The first-order valence-corrected chi connectivity index (χ1v) is 12.7. The summed E-state index contributed by atoms with van der Waals surface area (Å²) in [5.74, 6) is 1.69. The van der Waals surface area contributed by atoms with Gasteiger partial charge < -0.3 is 20.2 Å². The van der Waals surface area contributed by atoms with Gasteiger partial charge in [-0.2, -0.15) is 5.10 Å². The number of rotatable bonds is 6. The van der Waals surface area contributed by atoms with Crippen molar-refractivity contribution in [2.24, 2.45) is 5.73 Å². The number of morpholine rings is 1. The molecule has 0 aliphatic carbocycles. The molecule has 0 radical (unpaired) electrons. The number of nitrogens with zero attached hydrogens (tertiary/aromatic N) is 6. The van der Waals surface area contributed by atoms with Crippen LogP contribution < -0.4 is 10.6 Å². The van der Waals surface area contributed by atoms with Crippen LogP contribution in [-0.2, 0) is 16.1 Å². The Morgan fingerprint density at radius 3 is 2.72 bits per heavy atom. The van der Waals surface area contributed by atoms with Crippen LogP contribution in [0, 0.1) is 0 Å². The van der Waals surface area contributed by atoms with E-state index in [1.165, 1.54) is 4.88 Å². The Hall–Kier alpha value is -2.67. The molecule has 2 fully saturated rings. The maximum Gasteiger partial charge on any atom is 0.162 e. The normalized spacial score (nSPS) is 18.4. The molecule has 1 unspecified atom stereocenters. The number of nitrogens with two attached hydrogens (primary N) is 1. The van der Waals surface area contributed by atoms with Gasteiger partial charge in [-0.3, -0.25) is 14.9 Å². The Morgan fingerprint density at radius 1 is 1.14 bits per heavy atom. The van der Waals surface area contributed by atoms with Crippen LogP contribution in [0.4, 0.5) is 5.82 Å². The number of piperazine rings is 1. The minimum atomic E-state index is -0.508. The highest BCUT2D eigenvalue weighted by atomic mass is 35.5. The van der Waals surface area contributed by atoms with Gasteiger partial charge in [-0.05, 0) is 12.1 Å². The molecule has 0 amide bonds. The molecule has 12 heteroatoms. The predicted octanol–water partition coefficient (Wildman–Crippen LogP) is 2.09. The zero-order valence-electron chi connectivity index (χ0n) is 19.8. The minimum Gasteiger partial charge on any atom is -0.378 e. The second-order valence-corrected chi connectivity index (χ2v) is 10.1. The van der Waals surface area contributed by atoms with Gasteiger partial charge in [0.2, 0.25) is 0 Å². The number of ether oxygens (including phenoxy) is 1. The van der Waals surface area contributed by atoms with Crippen molar-refractivity contribution in [2.75, 3.05) is 57.4 Å². The molecule has 6 rings (SSSR count). The fourth-order valence-electron chi connectivity index (χ4n) is 4.84. The second kappa shape index (κ2) is 10.8. The number of aldehydes is 1. The molecule has 1 atom stereocenters. The summed E-state index contributed by atoms with van der Waals surface area (Å²) in [5.41, 5.74) is 8.80. The Morgan fingerprint density at radius 2 is 1.94 bits per heavy atom. The first kappa shape index (κ1) is 25.0. The van der Waals surface area contributed by atoms with Gasteiger partial charge in [-0.15, -0.1) is 23.7 Å². The molecule has 0 bridgehead atoms. The molecule has 4 aromatic rings. The summed E-state index contributed by atoms with van der Waals surface area (Å²) < 4.78 is 6.72. The van der Waals surface area contributed by atoms with Crippen molar-refractivity contribution >= 4 is 57.0 Å². The van der Waals surface area contributed by atoms with E-state index in [4.69, 9.17) is 20.4 Å². The Labute approximate surface area is 218 Å². The van der Waals surface area contributed by atoms with E-state index in [2.05, 4.69) is 32.1 Å². The zero-order valence-corrected chi connectivity index (χ0v) is 21.4. The average Bonchev–Trinajstić information content (AvgIpc) is 3.55. The van der Waals surface area contributed by atoms with Gasteiger partial charge in [0.1, 0.15) is 6.17 Å². The highest BCUT2D eigenvalue weighted by Crippen LogP contribution is 2.36. The minimum absolute atomic E-state index is 0. The SMILES string of the molecule is Cl.NC(C=O)N1CCN(Cc2cc3nc(-c4cccc5[nH]ncc45)nc(N4CCOCC4)c3s2)CC1. The summed E-state index contributed by atoms with van der Waals surface area (Å²) in [6.07, 6.45) is 2.14. The average molecular weight is 529 g/mol. The third-order valence-electron chi connectivity index (χ3n) is 6.79. The number of H-pyrrole nitrogens is 1. The van der Waals surface area contributed by atoms with Gasteiger partial charge in [0.15, 0.2) is 17.9 Å². The van der Waals surface area contributed by atoms with Crippen LogP contribution in [0.2, 0.25) is 0 Å². The van der Waals surface area contributed by atoms with Crippen LogP contribution >= 0.6 is 23.7 Å². The Bertz CT molecular complexity index is 1350. The number of hydrogen-bond donors (Lipinski definition) is 2. The topological polar surface area (TPSA) is 116 Å². The predicted molar refractivity (Wildman–Crippen MR) is 144 cm³/mol. The molecule has 36 heavy (non-hydrogen) atoms. The number of thiophene rings is 1. The highest BCUT2D eigenvalue weighted by Gasteiger charge is 2.24. The fraction of sp³-hybridized carbons (Fsp3) is 0.417. The number of benzene rings is 1. The van der Waals surface area contributed by atoms with E-state index in [0.717, 1.165) is 84.6 Å². The quantitative estimate of drug-likeness (QED) is 0.363. The van der Waals surface area contributed by atoms with Gasteiger partial charge in [0.05, 0.1) is 35.1 Å². The van der Waals surface area contributed by atoms with Crippen LogP contribution in [-0.4, -0.2) is 94.9 Å². The molecular formula is C24H29ClN8O2S. The standard InChI is InChI=1S/C24H28N8O2S.ClH/c25-21(15-33)31-6-4-30(5-7-31)14-16-12-20-22(35-16)24(32-8-10-34-11-9-32)28-23(27-20)17-2-1-3-19-18(17)13-26-29-19;/h1-3,12-13,15,21H,4-11,14,25H2,(H,26,29);1H. The van der Waals surface area contributed by atoms with E-state index >= 15 is 0 Å². The van der Waals surface area contributed by atoms with Gasteiger partial charge in [-0.1, -0.05) is 12.1 Å². The summed E-state index contributed by atoms with van der Waals surface area (Å²) in [7, 11) is 0. The molecule has 5 heterocycles. The van der Waals surface area contributed by atoms with E-state index in [1.54, 1.807) is 11.3 Å². The lowest BCUT2D eigenvalue weighted by atomic mass is 10.1. The molecule has 3 aromatic heterocycles. The van der Waals surface area contributed by atoms with E-state index in [9.17, 15) is 4.79 Å². The lowest BCUT2D eigenvalue weighted by molar-refractivity contribution is -0.113. The van der Waals surface area contributed by atoms with Gasteiger partial charge in [0.25, 0.3) is 0 Å². The number of aromatic nitrogens is 4. The third-order valence-corrected chi connectivity index (χ3v) is 7.89. The summed E-state index contributed by atoms with van der Waals surface area (Å²) in [4.78, 5) is 29.1. The summed E-state index contributed by atoms with van der Waals surface area (Å²) in [6, 6.07) is 8.28. The Kier molecular flexibility index (Phi) is 7.47.